The van der Waals surface area contributed by atoms with Crippen molar-refractivity contribution in [2.24, 2.45) is 4.99 Å². The molecule has 0 atom stereocenters. The average molecular weight is 447 g/mol. The van der Waals surface area contributed by atoms with Gasteiger partial charge >= 0.3 is 0 Å². The smallest absolute Gasteiger partial charge is 0.191 e. The Kier molecular flexibility index (Phi) is 9.61. The van der Waals surface area contributed by atoms with E-state index in [2.05, 4.69) is 46.8 Å². The number of hydrogen-bond acceptors (Lipinski definition) is 3. The van der Waals surface area contributed by atoms with Crippen LogP contribution in [0, 0.1) is 0 Å². The van der Waals surface area contributed by atoms with Crippen LogP contribution in [0.3, 0.4) is 0 Å². The summed E-state index contributed by atoms with van der Waals surface area (Å²) in [6.45, 7) is 5.20. The van der Waals surface area contributed by atoms with E-state index in [0.717, 1.165) is 51.5 Å². The van der Waals surface area contributed by atoms with Gasteiger partial charge in [0.2, 0.25) is 0 Å². The highest BCUT2D eigenvalue weighted by Gasteiger charge is 2.32. The summed E-state index contributed by atoms with van der Waals surface area (Å²) in [5.41, 5.74) is 2.52. The Morgan fingerprint density at radius 2 is 1.88 bits per heavy atom. The van der Waals surface area contributed by atoms with Crippen LogP contribution in [-0.4, -0.2) is 45.5 Å². The first-order valence-corrected chi connectivity index (χ1v) is 8.37. The molecule has 1 saturated heterocycles. The lowest BCUT2D eigenvalue weighted by Gasteiger charge is -2.36. The van der Waals surface area contributed by atoms with Gasteiger partial charge in [0.05, 0.1) is 5.60 Å². The summed E-state index contributed by atoms with van der Waals surface area (Å²) in [5.74, 6) is 0.804. The summed E-state index contributed by atoms with van der Waals surface area (Å²) in [4.78, 5) is 4.32. The molecular weight excluding hydrogens is 417 g/mol. The van der Waals surface area contributed by atoms with Crippen LogP contribution in [0.15, 0.2) is 29.3 Å². The molecule has 0 radical (unpaired) electrons. The Morgan fingerprint density at radius 1 is 1.21 bits per heavy atom. The van der Waals surface area contributed by atoms with Crippen LogP contribution in [0.4, 0.5) is 0 Å². The number of aryl methyl sites for hydroxylation is 1. The third kappa shape index (κ3) is 5.89. The van der Waals surface area contributed by atoms with E-state index in [1.54, 1.807) is 14.2 Å². The molecule has 5 nitrogen and oxygen atoms in total. The van der Waals surface area contributed by atoms with Crippen LogP contribution in [0.1, 0.15) is 30.9 Å². The van der Waals surface area contributed by atoms with E-state index >= 15 is 0 Å². The van der Waals surface area contributed by atoms with Gasteiger partial charge in [0.1, 0.15) is 0 Å². The summed E-state index contributed by atoms with van der Waals surface area (Å²) < 4.78 is 11.2. The first kappa shape index (κ1) is 21.2. The van der Waals surface area contributed by atoms with Crippen molar-refractivity contribution < 1.29 is 9.47 Å². The second kappa shape index (κ2) is 10.9. The molecule has 24 heavy (non-hydrogen) atoms. The first-order valence-electron chi connectivity index (χ1n) is 8.37. The van der Waals surface area contributed by atoms with E-state index in [9.17, 15) is 0 Å². The topological polar surface area (TPSA) is 54.9 Å². The zero-order valence-corrected chi connectivity index (χ0v) is 17.3. The van der Waals surface area contributed by atoms with Gasteiger partial charge in [-0.1, -0.05) is 31.2 Å². The van der Waals surface area contributed by atoms with Gasteiger partial charge in [-0.25, -0.2) is 0 Å². The fourth-order valence-electron chi connectivity index (χ4n) is 2.92. The number of aliphatic imine (C=N–C) groups is 1. The Morgan fingerprint density at radius 3 is 2.46 bits per heavy atom. The van der Waals surface area contributed by atoms with E-state index in [4.69, 9.17) is 9.47 Å². The van der Waals surface area contributed by atoms with Crippen molar-refractivity contribution in [3.8, 4) is 0 Å². The number of benzene rings is 1. The molecule has 1 heterocycles. The lowest BCUT2D eigenvalue weighted by Crippen LogP contribution is -2.50. The molecule has 1 aromatic carbocycles. The van der Waals surface area contributed by atoms with Gasteiger partial charge in [-0.15, -0.1) is 24.0 Å². The summed E-state index contributed by atoms with van der Waals surface area (Å²) in [6.07, 6.45) is 2.86. The Hall–Kier alpha value is -0.860. The molecule has 0 spiro atoms. The van der Waals surface area contributed by atoms with Gasteiger partial charge in [-0.05, 0) is 17.5 Å². The van der Waals surface area contributed by atoms with Crippen molar-refractivity contribution in [3.05, 3.63) is 35.4 Å². The lowest BCUT2D eigenvalue weighted by molar-refractivity contribution is -0.0855. The van der Waals surface area contributed by atoms with Crippen LogP contribution in [0.2, 0.25) is 0 Å². The minimum atomic E-state index is -0.156. The van der Waals surface area contributed by atoms with E-state index in [-0.39, 0.29) is 29.6 Å². The number of nitrogens with one attached hydrogen (secondary N) is 2. The third-order valence-corrected chi connectivity index (χ3v) is 4.58. The number of nitrogens with zero attached hydrogens (tertiary/aromatic N) is 1. The fraction of sp³-hybridized carbons (Fsp3) is 0.611. The Labute approximate surface area is 162 Å². The SMILES string of the molecule is CCc1ccccc1CNC(=NC)NCC1(OC)CCOCC1.I. The summed E-state index contributed by atoms with van der Waals surface area (Å²) in [5, 5.41) is 6.79. The highest BCUT2D eigenvalue weighted by Crippen LogP contribution is 2.23. The zero-order valence-electron chi connectivity index (χ0n) is 14.9. The molecule has 0 unspecified atom stereocenters. The monoisotopic (exact) mass is 447 g/mol. The van der Waals surface area contributed by atoms with Crippen molar-refractivity contribution in [1.29, 1.82) is 0 Å². The van der Waals surface area contributed by atoms with E-state index in [1.165, 1.54) is 11.1 Å². The van der Waals surface area contributed by atoms with Crippen molar-refractivity contribution in [2.45, 2.75) is 38.3 Å². The minimum absolute atomic E-state index is 0. The number of hydrogen-bond donors (Lipinski definition) is 2. The van der Waals surface area contributed by atoms with Crippen LogP contribution in [0.25, 0.3) is 0 Å². The summed E-state index contributed by atoms with van der Waals surface area (Å²) in [6, 6.07) is 8.50. The predicted molar refractivity (Wildman–Crippen MR) is 109 cm³/mol. The maximum atomic E-state index is 5.75. The van der Waals surface area contributed by atoms with E-state index < -0.39 is 0 Å². The molecule has 2 rings (SSSR count). The van der Waals surface area contributed by atoms with Crippen LogP contribution >= 0.6 is 24.0 Å². The second-order valence-electron chi connectivity index (χ2n) is 5.90. The molecule has 0 saturated carbocycles. The number of halogens is 1. The normalized spacial score (nSPS) is 17.0. The molecule has 6 heteroatoms. The van der Waals surface area contributed by atoms with E-state index in [0.29, 0.717) is 0 Å². The van der Waals surface area contributed by atoms with E-state index in [1.807, 2.05) is 0 Å². The molecule has 1 aromatic rings. The number of rotatable bonds is 6. The minimum Gasteiger partial charge on any atom is -0.381 e. The molecular formula is C18H30IN3O2. The van der Waals surface area contributed by atoms with Crippen molar-refractivity contribution >= 4 is 29.9 Å². The predicted octanol–water partition coefficient (Wildman–Crippen LogP) is 2.73. The number of guanidine groups is 1. The van der Waals surface area contributed by atoms with Gasteiger partial charge in [0.15, 0.2) is 5.96 Å². The molecule has 0 aliphatic carbocycles. The zero-order chi connectivity index (χ0) is 16.5. The molecule has 1 aliphatic rings. The Bertz CT molecular complexity index is 517. The highest BCUT2D eigenvalue weighted by atomic mass is 127. The lowest BCUT2D eigenvalue weighted by atomic mass is 9.94. The fourth-order valence-corrected chi connectivity index (χ4v) is 2.92. The maximum Gasteiger partial charge on any atom is 0.191 e. The second-order valence-corrected chi connectivity index (χ2v) is 5.90. The third-order valence-electron chi connectivity index (χ3n) is 4.58. The summed E-state index contributed by atoms with van der Waals surface area (Å²) in [7, 11) is 3.57. The van der Waals surface area contributed by atoms with Crippen LogP contribution < -0.4 is 10.6 Å². The number of methoxy groups -OCH3 is 1. The molecule has 1 fully saturated rings. The number of ether oxygens (including phenoxy) is 2. The molecule has 0 bridgehead atoms. The summed E-state index contributed by atoms with van der Waals surface area (Å²) >= 11 is 0. The van der Waals surface area contributed by atoms with Crippen molar-refractivity contribution in [1.82, 2.24) is 10.6 Å². The van der Waals surface area contributed by atoms with Gasteiger partial charge in [-0.3, -0.25) is 4.99 Å². The standard InChI is InChI=1S/C18H29N3O2.HI/c1-4-15-7-5-6-8-16(15)13-20-17(19-2)21-14-18(22-3)9-11-23-12-10-18;/h5-8H,4,9-14H2,1-3H3,(H2,19,20,21);1H. The molecule has 0 amide bonds. The quantitative estimate of drug-likeness (QED) is 0.400. The van der Waals surface area contributed by atoms with Gasteiger partial charge < -0.3 is 20.1 Å². The molecule has 1 aliphatic heterocycles. The van der Waals surface area contributed by atoms with Crippen molar-refractivity contribution in [2.75, 3.05) is 33.9 Å². The largest absolute Gasteiger partial charge is 0.381 e. The average Bonchev–Trinajstić information content (AvgIpc) is 2.63. The molecule has 136 valence electrons. The first-order chi connectivity index (χ1) is 11.2. The Balaban J connectivity index is 0.00000288. The van der Waals surface area contributed by atoms with Gasteiger partial charge in [0.25, 0.3) is 0 Å². The van der Waals surface area contributed by atoms with Gasteiger partial charge in [-0.2, -0.15) is 0 Å². The van der Waals surface area contributed by atoms with Crippen LogP contribution in [-0.2, 0) is 22.4 Å². The maximum absolute atomic E-state index is 5.75. The molecule has 0 aromatic heterocycles. The van der Waals surface area contributed by atoms with Crippen molar-refractivity contribution in [3.63, 3.8) is 0 Å². The highest BCUT2D eigenvalue weighted by molar-refractivity contribution is 14.0. The van der Waals surface area contributed by atoms with Crippen LogP contribution in [0.5, 0.6) is 0 Å². The molecule has 2 N–H and O–H groups in total. The van der Waals surface area contributed by atoms with Gasteiger partial charge in [0, 0.05) is 53.3 Å².